The molecule has 0 radical (unpaired) electrons. The maximum absolute atomic E-state index is 8.60. The number of nitrogen functional groups attached to an aromatic ring is 1. The highest BCUT2D eigenvalue weighted by atomic mass is 79.9. The van der Waals surface area contributed by atoms with Crippen molar-refractivity contribution in [1.29, 1.82) is 0 Å². The predicted molar refractivity (Wildman–Crippen MR) is 65.0 cm³/mol. The molecule has 84 valence electrons. The third-order valence-corrected chi connectivity index (χ3v) is 2.90. The first kappa shape index (κ1) is 12.3. The van der Waals surface area contributed by atoms with Crippen LogP contribution in [0.1, 0.15) is 19.3 Å². The Kier molecular flexibility index (Phi) is 5.50. The lowest BCUT2D eigenvalue weighted by molar-refractivity contribution is 0.265. The zero-order valence-corrected chi connectivity index (χ0v) is 10.2. The molecule has 15 heavy (non-hydrogen) atoms. The summed E-state index contributed by atoms with van der Waals surface area (Å²) in [5.74, 6) is 0.777. The summed E-state index contributed by atoms with van der Waals surface area (Å²) in [4.78, 5) is 0. The number of anilines is 1. The second-order valence-corrected chi connectivity index (χ2v) is 4.09. The van der Waals surface area contributed by atoms with E-state index >= 15 is 0 Å². The van der Waals surface area contributed by atoms with E-state index in [1.807, 2.05) is 18.2 Å². The van der Waals surface area contributed by atoms with Crippen LogP contribution in [0.5, 0.6) is 5.75 Å². The number of halogens is 1. The van der Waals surface area contributed by atoms with Gasteiger partial charge in [-0.15, -0.1) is 0 Å². The quantitative estimate of drug-likeness (QED) is 0.619. The highest BCUT2D eigenvalue weighted by molar-refractivity contribution is 9.10. The summed E-state index contributed by atoms with van der Waals surface area (Å²) in [6, 6.07) is 5.57. The number of ether oxygens (including phenoxy) is 1. The Hall–Kier alpha value is -0.740. The van der Waals surface area contributed by atoms with Gasteiger partial charge in [0, 0.05) is 12.3 Å². The third kappa shape index (κ3) is 4.10. The largest absolute Gasteiger partial charge is 0.492 e. The summed E-state index contributed by atoms with van der Waals surface area (Å²) in [5.41, 5.74) is 6.40. The van der Waals surface area contributed by atoms with Gasteiger partial charge in [-0.25, -0.2) is 0 Å². The van der Waals surface area contributed by atoms with Crippen molar-refractivity contribution in [1.82, 2.24) is 0 Å². The van der Waals surface area contributed by atoms with Crippen molar-refractivity contribution in [3.63, 3.8) is 0 Å². The smallest absolute Gasteiger partial charge is 0.135 e. The van der Waals surface area contributed by atoms with Gasteiger partial charge in [0.25, 0.3) is 0 Å². The molecule has 3 N–H and O–H groups in total. The van der Waals surface area contributed by atoms with Gasteiger partial charge in [-0.2, -0.15) is 0 Å². The Morgan fingerprint density at radius 1 is 1.27 bits per heavy atom. The second-order valence-electron chi connectivity index (χ2n) is 3.29. The highest BCUT2D eigenvalue weighted by Gasteiger charge is 2.03. The van der Waals surface area contributed by atoms with Crippen LogP contribution in [-0.4, -0.2) is 18.3 Å². The van der Waals surface area contributed by atoms with Crippen LogP contribution in [0.4, 0.5) is 5.69 Å². The summed E-state index contributed by atoms with van der Waals surface area (Å²) in [6.45, 7) is 0.907. The van der Waals surface area contributed by atoms with Crippen molar-refractivity contribution in [3.8, 4) is 5.75 Å². The van der Waals surface area contributed by atoms with Gasteiger partial charge in [-0.3, -0.25) is 0 Å². The molecule has 0 aliphatic heterocycles. The molecule has 0 bridgehead atoms. The predicted octanol–water partition coefficient (Wildman–Crippen LogP) is 2.57. The zero-order chi connectivity index (χ0) is 11.1. The molecular weight excluding hydrogens is 258 g/mol. The van der Waals surface area contributed by atoms with Crippen molar-refractivity contribution in [2.24, 2.45) is 0 Å². The molecular formula is C11H16BrNO2. The molecule has 4 heteroatoms. The fraction of sp³-hybridized carbons (Fsp3) is 0.455. The average molecular weight is 274 g/mol. The van der Waals surface area contributed by atoms with Crippen LogP contribution in [0.15, 0.2) is 22.7 Å². The van der Waals surface area contributed by atoms with E-state index in [0.717, 1.165) is 29.5 Å². The standard InChI is InChI=1S/C11H16BrNO2/c12-11-9(13)5-4-6-10(11)15-8-3-1-2-7-14/h4-6,14H,1-3,7-8,13H2. The summed E-state index contributed by atoms with van der Waals surface area (Å²) >= 11 is 3.37. The number of benzene rings is 1. The van der Waals surface area contributed by atoms with Crippen molar-refractivity contribution >= 4 is 21.6 Å². The van der Waals surface area contributed by atoms with Gasteiger partial charge >= 0.3 is 0 Å². The van der Waals surface area contributed by atoms with Gasteiger partial charge in [-0.1, -0.05) is 6.07 Å². The lowest BCUT2D eigenvalue weighted by atomic mass is 10.2. The number of unbranched alkanes of at least 4 members (excludes halogenated alkanes) is 2. The monoisotopic (exact) mass is 273 g/mol. The minimum absolute atomic E-state index is 0.252. The molecule has 0 amide bonds. The third-order valence-electron chi connectivity index (χ3n) is 2.05. The number of rotatable bonds is 6. The molecule has 1 rings (SSSR count). The van der Waals surface area contributed by atoms with Crippen molar-refractivity contribution in [3.05, 3.63) is 22.7 Å². The molecule has 0 aliphatic rings. The van der Waals surface area contributed by atoms with Crippen LogP contribution in [0.3, 0.4) is 0 Å². The van der Waals surface area contributed by atoms with E-state index in [1.54, 1.807) is 0 Å². The molecule has 0 fully saturated rings. The first-order valence-corrected chi connectivity index (χ1v) is 5.82. The van der Waals surface area contributed by atoms with Gasteiger partial charge < -0.3 is 15.6 Å². The van der Waals surface area contributed by atoms with Crippen molar-refractivity contribution < 1.29 is 9.84 Å². The van der Waals surface area contributed by atoms with E-state index in [1.165, 1.54) is 0 Å². The molecule has 0 aliphatic carbocycles. The van der Waals surface area contributed by atoms with Crippen LogP contribution in [0.2, 0.25) is 0 Å². The molecule has 0 saturated heterocycles. The molecule has 3 nitrogen and oxygen atoms in total. The van der Waals surface area contributed by atoms with Crippen LogP contribution >= 0.6 is 15.9 Å². The minimum atomic E-state index is 0.252. The Balaban J connectivity index is 2.34. The second kappa shape index (κ2) is 6.69. The zero-order valence-electron chi connectivity index (χ0n) is 8.58. The number of aliphatic hydroxyl groups is 1. The molecule has 0 unspecified atom stereocenters. The number of hydrogen-bond acceptors (Lipinski definition) is 3. The van der Waals surface area contributed by atoms with Gasteiger partial charge in [0.1, 0.15) is 5.75 Å². The topological polar surface area (TPSA) is 55.5 Å². The Labute approximate surface area is 98.4 Å². The summed E-state index contributed by atoms with van der Waals surface area (Å²) < 4.78 is 6.37. The molecule has 0 spiro atoms. The van der Waals surface area contributed by atoms with E-state index < -0.39 is 0 Å². The van der Waals surface area contributed by atoms with E-state index in [2.05, 4.69) is 15.9 Å². The number of nitrogens with two attached hydrogens (primary N) is 1. The number of aliphatic hydroxyl groups excluding tert-OH is 1. The SMILES string of the molecule is Nc1cccc(OCCCCCO)c1Br. The van der Waals surface area contributed by atoms with E-state index in [-0.39, 0.29) is 6.61 Å². The van der Waals surface area contributed by atoms with Crippen LogP contribution in [0, 0.1) is 0 Å². The van der Waals surface area contributed by atoms with Crippen LogP contribution in [-0.2, 0) is 0 Å². The average Bonchev–Trinajstić information content (AvgIpc) is 2.24. The fourth-order valence-electron chi connectivity index (χ4n) is 1.21. The van der Waals surface area contributed by atoms with Crippen LogP contribution < -0.4 is 10.5 Å². The summed E-state index contributed by atoms with van der Waals surface area (Å²) in [5, 5.41) is 8.60. The van der Waals surface area contributed by atoms with Gasteiger partial charge in [0.15, 0.2) is 0 Å². The first-order chi connectivity index (χ1) is 7.25. The Bertz CT molecular complexity index is 305. The molecule has 0 saturated carbocycles. The van der Waals surface area contributed by atoms with Crippen molar-refractivity contribution in [2.45, 2.75) is 19.3 Å². The van der Waals surface area contributed by atoms with Gasteiger partial charge in [0.2, 0.25) is 0 Å². The molecule has 1 aromatic carbocycles. The normalized spacial score (nSPS) is 10.3. The van der Waals surface area contributed by atoms with Gasteiger partial charge in [-0.05, 0) is 47.3 Å². The van der Waals surface area contributed by atoms with E-state index in [4.69, 9.17) is 15.6 Å². The van der Waals surface area contributed by atoms with Gasteiger partial charge in [0.05, 0.1) is 11.1 Å². The first-order valence-electron chi connectivity index (χ1n) is 5.03. The summed E-state index contributed by atoms with van der Waals surface area (Å²) in [6.07, 6.45) is 2.76. The highest BCUT2D eigenvalue weighted by Crippen LogP contribution is 2.30. The Morgan fingerprint density at radius 3 is 2.80 bits per heavy atom. The maximum Gasteiger partial charge on any atom is 0.135 e. The molecule has 0 heterocycles. The van der Waals surface area contributed by atoms with Crippen LogP contribution in [0.25, 0.3) is 0 Å². The lowest BCUT2D eigenvalue weighted by Crippen LogP contribution is -1.99. The fourth-order valence-corrected chi connectivity index (χ4v) is 1.59. The molecule has 0 aromatic heterocycles. The lowest BCUT2D eigenvalue weighted by Gasteiger charge is -2.09. The minimum Gasteiger partial charge on any atom is -0.492 e. The van der Waals surface area contributed by atoms with E-state index in [0.29, 0.717) is 12.3 Å². The maximum atomic E-state index is 8.60. The van der Waals surface area contributed by atoms with E-state index in [9.17, 15) is 0 Å². The number of hydrogen-bond donors (Lipinski definition) is 2. The summed E-state index contributed by atoms with van der Waals surface area (Å²) in [7, 11) is 0. The van der Waals surface area contributed by atoms with Crippen molar-refractivity contribution in [2.75, 3.05) is 18.9 Å². The Morgan fingerprint density at radius 2 is 2.07 bits per heavy atom. The molecule has 1 aromatic rings. The molecule has 0 atom stereocenters.